The number of carboxylic acid groups (broad SMARTS) is 1. The third-order valence-corrected chi connectivity index (χ3v) is 2.20. The largest absolute Gasteiger partial charge is 0.478 e. The normalized spacial score (nSPS) is 9.64. The Kier molecular flexibility index (Phi) is 3.55. The summed E-state index contributed by atoms with van der Waals surface area (Å²) in [7, 11) is 0. The van der Waals surface area contributed by atoms with Crippen LogP contribution in [0, 0.1) is 6.92 Å². The second-order valence-electron chi connectivity index (χ2n) is 2.76. The Balaban J connectivity index is 3.35. The lowest BCUT2D eigenvalue weighted by atomic mass is 10.0. The number of hydrogen-bond acceptors (Lipinski definition) is 1. The van der Waals surface area contributed by atoms with Crippen LogP contribution in [0.5, 0.6) is 0 Å². The van der Waals surface area contributed by atoms with Crippen LogP contribution in [0.3, 0.4) is 0 Å². The van der Waals surface area contributed by atoms with Gasteiger partial charge in [-0.05, 0) is 18.1 Å². The van der Waals surface area contributed by atoms with Gasteiger partial charge in [0.2, 0.25) is 0 Å². The fraction of sp³-hybridized carbons (Fsp3) is 0.100. The van der Waals surface area contributed by atoms with Crippen LogP contribution in [-0.2, 0) is 4.79 Å². The van der Waals surface area contributed by atoms with Gasteiger partial charge >= 0.3 is 5.97 Å². The second kappa shape index (κ2) is 4.49. The maximum Gasteiger partial charge on any atom is 0.338 e. The highest BCUT2D eigenvalue weighted by molar-refractivity contribution is 6.61. The lowest BCUT2D eigenvalue weighted by Gasteiger charge is -2.05. The molecule has 2 nitrogen and oxygen atoms in total. The Labute approximate surface area is 91.8 Å². The van der Waals surface area contributed by atoms with Crippen LogP contribution in [0.2, 0.25) is 0 Å². The van der Waals surface area contributed by atoms with Gasteiger partial charge in [0.1, 0.15) is 4.49 Å². The van der Waals surface area contributed by atoms with Crippen LogP contribution >= 0.6 is 23.2 Å². The zero-order chi connectivity index (χ0) is 10.7. The van der Waals surface area contributed by atoms with Crippen molar-refractivity contribution in [3.05, 3.63) is 39.9 Å². The van der Waals surface area contributed by atoms with E-state index in [1.54, 1.807) is 25.1 Å². The molecule has 0 fully saturated rings. The van der Waals surface area contributed by atoms with Crippen molar-refractivity contribution < 1.29 is 9.90 Å². The Hall–Kier alpha value is -0.990. The SMILES string of the molecule is Cc1ccccc1C(C(=O)O)=C(Cl)Cl. The number of aliphatic carboxylic acids is 1. The molecule has 0 unspecified atom stereocenters. The van der Waals surface area contributed by atoms with Gasteiger partial charge in [0.15, 0.2) is 0 Å². The molecule has 0 atom stereocenters. The minimum absolute atomic E-state index is 0.0635. The smallest absolute Gasteiger partial charge is 0.338 e. The number of carbonyl (C=O) groups is 1. The molecule has 0 aliphatic carbocycles. The first-order chi connectivity index (χ1) is 6.54. The Morgan fingerprint density at radius 2 is 1.86 bits per heavy atom. The summed E-state index contributed by atoms with van der Waals surface area (Å²) in [5.41, 5.74) is 1.30. The maximum atomic E-state index is 10.9. The van der Waals surface area contributed by atoms with Gasteiger partial charge in [-0.1, -0.05) is 47.5 Å². The molecule has 0 aliphatic heterocycles. The summed E-state index contributed by atoms with van der Waals surface area (Å²) in [5.74, 6) is -1.13. The van der Waals surface area contributed by atoms with Crippen molar-refractivity contribution >= 4 is 34.7 Å². The van der Waals surface area contributed by atoms with Crippen LogP contribution in [0.15, 0.2) is 28.8 Å². The van der Waals surface area contributed by atoms with Gasteiger partial charge in [0.05, 0.1) is 5.57 Å². The first-order valence-electron chi connectivity index (χ1n) is 3.88. The zero-order valence-electron chi connectivity index (χ0n) is 7.42. The van der Waals surface area contributed by atoms with E-state index < -0.39 is 5.97 Å². The predicted molar refractivity (Wildman–Crippen MR) is 57.4 cm³/mol. The van der Waals surface area contributed by atoms with Gasteiger partial charge < -0.3 is 5.11 Å². The summed E-state index contributed by atoms with van der Waals surface area (Å²) in [5, 5.41) is 8.89. The summed E-state index contributed by atoms with van der Waals surface area (Å²) >= 11 is 11.0. The number of halogens is 2. The minimum atomic E-state index is -1.13. The van der Waals surface area contributed by atoms with Gasteiger partial charge in [-0.3, -0.25) is 0 Å². The average Bonchev–Trinajstić information content (AvgIpc) is 2.07. The number of benzene rings is 1. The van der Waals surface area contributed by atoms with Crippen LogP contribution in [0.4, 0.5) is 0 Å². The summed E-state index contributed by atoms with van der Waals surface area (Å²) < 4.78 is -0.230. The van der Waals surface area contributed by atoms with Crippen LogP contribution in [0.25, 0.3) is 5.57 Å². The first kappa shape index (κ1) is 11.1. The first-order valence-corrected chi connectivity index (χ1v) is 4.64. The van der Waals surface area contributed by atoms with Crippen molar-refractivity contribution in [1.82, 2.24) is 0 Å². The lowest BCUT2D eigenvalue weighted by molar-refractivity contribution is -0.130. The molecule has 0 radical (unpaired) electrons. The summed E-state index contributed by atoms with van der Waals surface area (Å²) in [6.07, 6.45) is 0. The summed E-state index contributed by atoms with van der Waals surface area (Å²) in [4.78, 5) is 10.9. The third kappa shape index (κ3) is 2.28. The van der Waals surface area contributed by atoms with Crippen molar-refractivity contribution in [3.8, 4) is 0 Å². The van der Waals surface area contributed by atoms with E-state index in [-0.39, 0.29) is 10.1 Å². The molecule has 0 heterocycles. The molecule has 1 N–H and O–H groups in total. The second-order valence-corrected chi connectivity index (χ2v) is 3.70. The minimum Gasteiger partial charge on any atom is -0.478 e. The van der Waals surface area contributed by atoms with E-state index in [1.165, 1.54) is 0 Å². The lowest BCUT2D eigenvalue weighted by Crippen LogP contribution is -2.01. The summed E-state index contributed by atoms with van der Waals surface area (Å²) in [6, 6.07) is 7.03. The third-order valence-electron chi connectivity index (χ3n) is 1.82. The molecule has 1 aromatic carbocycles. The van der Waals surface area contributed by atoms with Crippen molar-refractivity contribution in [1.29, 1.82) is 0 Å². The molecular formula is C10H8Cl2O2. The van der Waals surface area contributed by atoms with E-state index in [1.807, 2.05) is 6.07 Å². The molecule has 1 rings (SSSR count). The standard InChI is InChI=1S/C10H8Cl2O2/c1-6-4-2-3-5-7(6)8(9(11)12)10(13)14/h2-5H,1H3,(H,13,14). The van der Waals surface area contributed by atoms with Crippen molar-refractivity contribution in [2.75, 3.05) is 0 Å². The molecule has 0 aliphatic rings. The zero-order valence-corrected chi connectivity index (χ0v) is 8.93. The molecule has 0 saturated carbocycles. The predicted octanol–water partition coefficient (Wildman–Crippen LogP) is 3.23. The van der Waals surface area contributed by atoms with Crippen molar-refractivity contribution in [2.24, 2.45) is 0 Å². The fourth-order valence-corrected chi connectivity index (χ4v) is 1.52. The number of carboxylic acids is 1. The van der Waals surface area contributed by atoms with E-state index in [9.17, 15) is 4.79 Å². The van der Waals surface area contributed by atoms with E-state index in [2.05, 4.69) is 0 Å². The quantitative estimate of drug-likeness (QED) is 0.793. The van der Waals surface area contributed by atoms with Gasteiger partial charge in [-0.15, -0.1) is 0 Å². The Bertz CT molecular complexity index is 393. The molecule has 0 bridgehead atoms. The molecule has 0 spiro atoms. The van der Waals surface area contributed by atoms with Crippen LogP contribution in [0.1, 0.15) is 11.1 Å². The van der Waals surface area contributed by atoms with Gasteiger partial charge in [-0.25, -0.2) is 4.79 Å². The van der Waals surface area contributed by atoms with Crippen LogP contribution in [-0.4, -0.2) is 11.1 Å². The number of aryl methyl sites for hydroxylation is 1. The van der Waals surface area contributed by atoms with E-state index in [0.29, 0.717) is 5.56 Å². The van der Waals surface area contributed by atoms with E-state index >= 15 is 0 Å². The fourth-order valence-electron chi connectivity index (χ4n) is 1.15. The van der Waals surface area contributed by atoms with Gasteiger partial charge in [-0.2, -0.15) is 0 Å². The van der Waals surface area contributed by atoms with Gasteiger partial charge in [0.25, 0.3) is 0 Å². The van der Waals surface area contributed by atoms with E-state index in [4.69, 9.17) is 28.3 Å². The molecular weight excluding hydrogens is 223 g/mol. The van der Waals surface area contributed by atoms with Crippen molar-refractivity contribution in [3.63, 3.8) is 0 Å². The monoisotopic (exact) mass is 230 g/mol. The van der Waals surface area contributed by atoms with Gasteiger partial charge in [0, 0.05) is 0 Å². The number of rotatable bonds is 2. The highest BCUT2D eigenvalue weighted by Gasteiger charge is 2.15. The highest BCUT2D eigenvalue weighted by Crippen LogP contribution is 2.26. The molecule has 0 saturated heterocycles. The molecule has 0 amide bonds. The van der Waals surface area contributed by atoms with E-state index in [0.717, 1.165) is 5.56 Å². The Morgan fingerprint density at radius 3 is 2.29 bits per heavy atom. The molecule has 14 heavy (non-hydrogen) atoms. The average molecular weight is 231 g/mol. The molecule has 1 aromatic rings. The van der Waals surface area contributed by atoms with Crippen LogP contribution < -0.4 is 0 Å². The summed E-state index contributed by atoms with van der Waals surface area (Å²) in [6.45, 7) is 1.80. The maximum absolute atomic E-state index is 10.9. The molecule has 0 aromatic heterocycles. The topological polar surface area (TPSA) is 37.3 Å². The number of hydrogen-bond donors (Lipinski definition) is 1. The molecule has 4 heteroatoms. The molecule has 74 valence electrons. The Morgan fingerprint density at radius 1 is 1.29 bits per heavy atom. The van der Waals surface area contributed by atoms with Crippen molar-refractivity contribution in [2.45, 2.75) is 6.92 Å². The highest BCUT2D eigenvalue weighted by atomic mass is 35.5.